The fraction of sp³-hybridized carbons (Fsp3) is 0.857. The number of nitrogens with one attached hydrogen (secondary N) is 1. The molecular weight excluding hydrogens is 183 g/mol. The van der Waals surface area contributed by atoms with Crippen LogP contribution >= 0.6 is 12.4 Å². The zero-order chi connectivity index (χ0) is 8.48. The number of carbonyl (C=O) groups is 1. The zero-order valence-electron chi connectivity index (χ0n) is 7.26. The summed E-state index contributed by atoms with van der Waals surface area (Å²) in [6, 6.07) is 0. The summed E-state index contributed by atoms with van der Waals surface area (Å²) in [6.45, 7) is 0.624. The maximum Gasteiger partial charge on any atom is 0.225 e. The summed E-state index contributed by atoms with van der Waals surface area (Å²) in [5.41, 5.74) is -1.28. The lowest BCUT2D eigenvalue weighted by atomic mass is 9.95. The molecule has 0 radical (unpaired) electrons. The molecule has 72 valence electrons. The van der Waals surface area contributed by atoms with Crippen molar-refractivity contribution in [1.82, 2.24) is 10.2 Å². The van der Waals surface area contributed by atoms with Gasteiger partial charge >= 0.3 is 0 Å². The minimum atomic E-state index is -1.28. The van der Waals surface area contributed by atoms with E-state index in [1.165, 1.54) is 4.90 Å². The highest BCUT2D eigenvalue weighted by Crippen LogP contribution is 2.21. The Morgan fingerprint density at radius 1 is 1.58 bits per heavy atom. The number of hydrogen-bond donors (Lipinski definition) is 1. The normalized spacial score (nSPS) is 18.9. The van der Waals surface area contributed by atoms with E-state index in [2.05, 4.69) is 5.32 Å². The van der Waals surface area contributed by atoms with Gasteiger partial charge in [0.2, 0.25) is 5.91 Å². The largest absolute Gasteiger partial charge is 0.349 e. The monoisotopic (exact) mass is 196 g/mol. The highest BCUT2D eigenvalue weighted by molar-refractivity contribution is 5.85. The Hall–Kier alpha value is -0.350. The van der Waals surface area contributed by atoms with Gasteiger partial charge in [-0.3, -0.25) is 4.79 Å². The average Bonchev–Trinajstić information content (AvgIpc) is 1.84. The molecule has 1 amide bonds. The van der Waals surface area contributed by atoms with Crippen LogP contribution < -0.4 is 5.32 Å². The van der Waals surface area contributed by atoms with E-state index in [1.54, 1.807) is 14.1 Å². The van der Waals surface area contributed by atoms with E-state index in [-0.39, 0.29) is 24.7 Å². The highest BCUT2D eigenvalue weighted by Gasteiger charge is 2.39. The van der Waals surface area contributed by atoms with Crippen molar-refractivity contribution in [2.45, 2.75) is 12.1 Å². The molecule has 0 spiro atoms. The molecule has 5 heteroatoms. The molecule has 0 bridgehead atoms. The first-order valence-electron chi connectivity index (χ1n) is 3.63. The molecule has 1 fully saturated rings. The number of nitrogens with zero attached hydrogens (tertiary/aromatic N) is 1. The maximum absolute atomic E-state index is 13.2. The van der Waals surface area contributed by atoms with Crippen LogP contribution in [0.4, 0.5) is 4.39 Å². The number of halogens is 2. The molecule has 1 heterocycles. The van der Waals surface area contributed by atoms with Crippen LogP contribution in [0.2, 0.25) is 0 Å². The smallest absolute Gasteiger partial charge is 0.225 e. The van der Waals surface area contributed by atoms with Gasteiger partial charge in [-0.1, -0.05) is 0 Å². The van der Waals surface area contributed by atoms with E-state index in [9.17, 15) is 9.18 Å². The van der Waals surface area contributed by atoms with Crippen LogP contribution in [-0.2, 0) is 4.79 Å². The van der Waals surface area contributed by atoms with Gasteiger partial charge in [0.1, 0.15) is 5.67 Å². The summed E-state index contributed by atoms with van der Waals surface area (Å²) in [5, 5.41) is 2.80. The number of alkyl halides is 1. The second kappa shape index (κ2) is 4.05. The Balaban J connectivity index is 0.00000121. The first-order chi connectivity index (χ1) is 5.03. The van der Waals surface area contributed by atoms with Crippen molar-refractivity contribution in [3.8, 4) is 0 Å². The fourth-order valence-electron chi connectivity index (χ4n) is 0.950. The Morgan fingerprint density at radius 2 is 2.08 bits per heavy atom. The van der Waals surface area contributed by atoms with Gasteiger partial charge in [-0.05, 0) is 0 Å². The lowest BCUT2D eigenvalue weighted by Crippen LogP contribution is -2.57. The van der Waals surface area contributed by atoms with E-state index in [0.29, 0.717) is 13.1 Å². The van der Waals surface area contributed by atoms with Gasteiger partial charge in [0, 0.05) is 27.2 Å². The summed E-state index contributed by atoms with van der Waals surface area (Å²) in [7, 11) is 3.27. The minimum Gasteiger partial charge on any atom is -0.349 e. The molecule has 1 saturated heterocycles. The number of hydrogen-bond acceptors (Lipinski definition) is 2. The van der Waals surface area contributed by atoms with Crippen molar-refractivity contribution < 1.29 is 9.18 Å². The lowest BCUT2D eigenvalue weighted by Gasteiger charge is -2.34. The quantitative estimate of drug-likeness (QED) is 0.685. The van der Waals surface area contributed by atoms with Crippen molar-refractivity contribution in [1.29, 1.82) is 0 Å². The standard InChI is InChI=1S/C7H13FN2O.ClH/c1-10(2)6(11)3-7(8)4-9-5-7;/h9H,3-5H2,1-2H3;1H. The summed E-state index contributed by atoms with van der Waals surface area (Å²) >= 11 is 0. The molecule has 1 aliphatic heterocycles. The predicted molar refractivity (Wildman–Crippen MR) is 47.3 cm³/mol. The van der Waals surface area contributed by atoms with Crippen molar-refractivity contribution in [2.75, 3.05) is 27.2 Å². The molecule has 0 aromatic rings. The Bertz CT molecular complexity index is 171. The summed E-state index contributed by atoms with van der Waals surface area (Å²) < 4.78 is 13.2. The molecule has 0 aliphatic carbocycles. The van der Waals surface area contributed by atoms with Crippen LogP contribution in [-0.4, -0.2) is 43.7 Å². The maximum atomic E-state index is 13.2. The second-order valence-corrected chi connectivity index (χ2v) is 3.22. The van der Waals surface area contributed by atoms with E-state index < -0.39 is 5.67 Å². The van der Waals surface area contributed by atoms with Gasteiger partial charge in [-0.25, -0.2) is 4.39 Å². The molecule has 0 aromatic carbocycles. The van der Waals surface area contributed by atoms with E-state index in [4.69, 9.17) is 0 Å². The molecule has 3 nitrogen and oxygen atoms in total. The molecule has 0 aromatic heterocycles. The van der Waals surface area contributed by atoms with Crippen molar-refractivity contribution in [2.24, 2.45) is 0 Å². The second-order valence-electron chi connectivity index (χ2n) is 3.22. The van der Waals surface area contributed by atoms with E-state index in [1.807, 2.05) is 0 Å². The van der Waals surface area contributed by atoms with Gasteiger partial charge in [0.25, 0.3) is 0 Å². The Kier molecular flexibility index (Phi) is 3.93. The van der Waals surface area contributed by atoms with Crippen LogP contribution in [0.5, 0.6) is 0 Å². The molecule has 1 N–H and O–H groups in total. The first-order valence-corrected chi connectivity index (χ1v) is 3.63. The highest BCUT2D eigenvalue weighted by atomic mass is 35.5. The molecule has 0 saturated carbocycles. The third kappa shape index (κ3) is 2.60. The third-order valence-corrected chi connectivity index (χ3v) is 1.85. The van der Waals surface area contributed by atoms with Crippen molar-refractivity contribution >= 4 is 18.3 Å². The molecule has 1 aliphatic rings. The van der Waals surface area contributed by atoms with Gasteiger partial charge in [-0.15, -0.1) is 12.4 Å². The number of carbonyl (C=O) groups excluding carboxylic acids is 1. The predicted octanol–water partition coefficient (Wildman–Crippen LogP) is 0.198. The molecular formula is C7H14ClFN2O. The molecule has 0 atom stereocenters. The summed E-state index contributed by atoms with van der Waals surface area (Å²) in [6.07, 6.45) is 0.00694. The minimum absolute atomic E-state index is 0. The lowest BCUT2D eigenvalue weighted by molar-refractivity contribution is -0.132. The fourth-order valence-corrected chi connectivity index (χ4v) is 0.950. The van der Waals surface area contributed by atoms with Crippen LogP contribution in [0.1, 0.15) is 6.42 Å². The van der Waals surface area contributed by atoms with E-state index in [0.717, 1.165) is 0 Å². The van der Waals surface area contributed by atoms with Crippen LogP contribution in [0.15, 0.2) is 0 Å². The van der Waals surface area contributed by atoms with Crippen LogP contribution in [0.25, 0.3) is 0 Å². The van der Waals surface area contributed by atoms with Crippen LogP contribution in [0, 0.1) is 0 Å². The summed E-state index contributed by atoms with van der Waals surface area (Å²) in [5.74, 6) is -0.144. The molecule has 12 heavy (non-hydrogen) atoms. The third-order valence-electron chi connectivity index (χ3n) is 1.85. The SMILES string of the molecule is CN(C)C(=O)CC1(F)CNC1.Cl. The van der Waals surface area contributed by atoms with Crippen molar-refractivity contribution in [3.05, 3.63) is 0 Å². The van der Waals surface area contributed by atoms with Crippen molar-refractivity contribution in [3.63, 3.8) is 0 Å². The van der Waals surface area contributed by atoms with Gasteiger partial charge < -0.3 is 10.2 Å². The number of amides is 1. The molecule has 1 rings (SSSR count). The number of rotatable bonds is 2. The average molecular weight is 197 g/mol. The topological polar surface area (TPSA) is 32.3 Å². The summed E-state index contributed by atoms with van der Waals surface area (Å²) in [4.78, 5) is 12.4. The van der Waals surface area contributed by atoms with Gasteiger partial charge in [-0.2, -0.15) is 0 Å². The Morgan fingerprint density at radius 3 is 2.33 bits per heavy atom. The van der Waals surface area contributed by atoms with E-state index >= 15 is 0 Å². The van der Waals surface area contributed by atoms with Crippen LogP contribution in [0.3, 0.4) is 0 Å². The van der Waals surface area contributed by atoms with Gasteiger partial charge in [0.05, 0.1) is 6.42 Å². The first kappa shape index (κ1) is 11.6. The Labute approximate surface area is 77.7 Å². The zero-order valence-corrected chi connectivity index (χ0v) is 8.08. The van der Waals surface area contributed by atoms with Gasteiger partial charge in [0.15, 0.2) is 0 Å². The molecule has 0 unspecified atom stereocenters.